The van der Waals surface area contributed by atoms with Gasteiger partial charge in [-0.1, -0.05) is 25.1 Å². The highest BCUT2D eigenvalue weighted by Gasteiger charge is 2.33. The molecular weight excluding hydrogens is 420 g/mol. The fraction of sp³-hybridized carbons (Fsp3) is 0.476. The number of aliphatic hydroxyl groups excluding tert-OH is 1. The van der Waals surface area contributed by atoms with Gasteiger partial charge in [0.15, 0.2) is 0 Å². The lowest BCUT2D eigenvalue weighted by Gasteiger charge is -2.33. The van der Waals surface area contributed by atoms with E-state index in [1.165, 1.54) is 47.0 Å². The Morgan fingerprint density at radius 3 is 2.39 bits per heavy atom. The third kappa shape index (κ3) is 6.30. The average Bonchev–Trinajstić information content (AvgIpc) is 2.80. The van der Waals surface area contributed by atoms with Crippen LogP contribution in [0.2, 0.25) is 0 Å². The van der Waals surface area contributed by atoms with Crippen LogP contribution in [0.5, 0.6) is 0 Å². The molecule has 3 atom stereocenters. The van der Waals surface area contributed by atoms with Crippen LogP contribution in [0.15, 0.2) is 53.8 Å². The third-order valence-electron chi connectivity index (χ3n) is 5.09. The van der Waals surface area contributed by atoms with Crippen molar-refractivity contribution in [3.63, 3.8) is 0 Å². The van der Waals surface area contributed by atoms with Crippen molar-refractivity contribution >= 4 is 15.9 Å². The van der Waals surface area contributed by atoms with Crippen LogP contribution < -0.4 is 0 Å². The average molecular weight is 451 g/mol. The van der Waals surface area contributed by atoms with Gasteiger partial charge in [-0.2, -0.15) is 4.31 Å². The summed E-state index contributed by atoms with van der Waals surface area (Å²) in [5.41, 5.74) is 0.217. The number of amides is 1. The Morgan fingerprint density at radius 1 is 1.16 bits per heavy atom. The molecule has 0 aliphatic heterocycles. The maximum Gasteiger partial charge on any atom is 0.273 e. The van der Waals surface area contributed by atoms with Gasteiger partial charge in [-0.05, 0) is 25.0 Å². The first-order valence-electron chi connectivity index (χ1n) is 9.94. The summed E-state index contributed by atoms with van der Waals surface area (Å²) in [7, 11) is -0.667. The smallest absolute Gasteiger partial charge is 0.273 e. The monoisotopic (exact) mass is 450 g/mol. The van der Waals surface area contributed by atoms with Gasteiger partial charge in [-0.3, -0.25) is 9.78 Å². The van der Waals surface area contributed by atoms with Crippen LogP contribution in [0.1, 0.15) is 24.3 Å². The predicted octanol–water partition coefficient (Wildman–Crippen LogP) is 1.27. The predicted molar refractivity (Wildman–Crippen MR) is 116 cm³/mol. The van der Waals surface area contributed by atoms with Crippen LogP contribution in [0.4, 0.5) is 0 Å². The molecule has 2 aromatic rings. The molecule has 1 heterocycles. The minimum atomic E-state index is -3.82. The summed E-state index contributed by atoms with van der Waals surface area (Å²) in [5, 5.41) is 9.67. The Bertz CT molecular complexity index is 927. The highest BCUT2D eigenvalue weighted by Crippen LogP contribution is 2.22. The fourth-order valence-electron chi connectivity index (χ4n) is 3.18. The van der Waals surface area contributed by atoms with Crippen molar-refractivity contribution in [2.75, 3.05) is 33.9 Å². The number of carbonyl (C=O) groups excluding carboxylic acids is 1. The van der Waals surface area contributed by atoms with Crippen LogP contribution in [0.25, 0.3) is 0 Å². The lowest BCUT2D eigenvalue weighted by Crippen LogP contribution is -2.47. The topological polar surface area (TPSA) is 113 Å². The summed E-state index contributed by atoms with van der Waals surface area (Å²) in [6.07, 6.45) is 3.88. The van der Waals surface area contributed by atoms with Gasteiger partial charge < -0.3 is 14.7 Å². The van der Waals surface area contributed by atoms with Crippen LogP contribution in [-0.2, 0) is 14.8 Å². The summed E-state index contributed by atoms with van der Waals surface area (Å²) in [6, 6.07) is 7.49. The molecule has 170 valence electrons. The number of hydrogen-bond acceptors (Lipinski definition) is 7. The molecule has 9 nitrogen and oxygen atoms in total. The highest BCUT2D eigenvalue weighted by molar-refractivity contribution is 7.89. The van der Waals surface area contributed by atoms with Crippen LogP contribution >= 0.6 is 0 Å². The van der Waals surface area contributed by atoms with E-state index in [0.29, 0.717) is 0 Å². The van der Waals surface area contributed by atoms with Gasteiger partial charge in [0, 0.05) is 45.7 Å². The highest BCUT2D eigenvalue weighted by atomic mass is 32.2. The molecule has 0 spiro atoms. The molecule has 1 aromatic carbocycles. The van der Waals surface area contributed by atoms with Gasteiger partial charge in [0.1, 0.15) is 5.69 Å². The van der Waals surface area contributed by atoms with E-state index in [2.05, 4.69) is 9.97 Å². The van der Waals surface area contributed by atoms with Crippen molar-refractivity contribution in [2.24, 2.45) is 5.92 Å². The van der Waals surface area contributed by atoms with Gasteiger partial charge in [-0.25, -0.2) is 13.4 Å². The molecule has 1 amide bonds. The van der Waals surface area contributed by atoms with Crippen molar-refractivity contribution < 1.29 is 23.1 Å². The number of aromatic nitrogens is 2. The molecule has 0 aliphatic rings. The summed E-state index contributed by atoms with van der Waals surface area (Å²) in [6.45, 7) is 3.54. The number of sulfonamides is 1. The van der Waals surface area contributed by atoms with Gasteiger partial charge in [0.2, 0.25) is 10.0 Å². The molecule has 1 N–H and O–H groups in total. The number of carbonyl (C=O) groups is 1. The van der Waals surface area contributed by atoms with E-state index in [0.717, 1.165) is 0 Å². The molecule has 0 aliphatic carbocycles. The summed E-state index contributed by atoms with van der Waals surface area (Å²) in [4.78, 5) is 22.1. The second-order valence-corrected chi connectivity index (χ2v) is 9.34. The molecule has 0 bridgehead atoms. The molecule has 2 rings (SSSR count). The molecule has 0 saturated heterocycles. The number of hydrogen-bond donors (Lipinski definition) is 1. The summed E-state index contributed by atoms with van der Waals surface area (Å²) in [5.74, 6) is -0.575. The lowest BCUT2D eigenvalue weighted by atomic mass is 10.0. The number of benzene rings is 1. The maximum absolute atomic E-state index is 13.2. The first kappa shape index (κ1) is 24.9. The second kappa shape index (κ2) is 11.3. The standard InChI is InChI=1S/C21H30N4O5S/c1-16(20(30-4)14-24(3)21(27)19-12-22-10-11-23-19)13-25(17(2)15-26)31(28,29)18-8-6-5-7-9-18/h5-12,16-17,20,26H,13-15H2,1-4H3/t16-,17-,20+/m0/s1. The Kier molecular flexibility index (Phi) is 9.05. The minimum absolute atomic E-state index is 0.116. The van der Waals surface area contributed by atoms with Crippen LogP contribution in [-0.4, -0.2) is 84.6 Å². The van der Waals surface area contributed by atoms with Gasteiger partial charge in [0.25, 0.3) is 5.91 Å². The zero-order valence-corrected chi connectivity index (χ0v) is 19.1. The van der Waals surface area contributed by atoms with E-state index in [-0.39, 0.29) is 42.1 Å². The van der Waals surface area contributed by atoms with Crippen LogP contribution in [0, 0.1) is 5.92 Å². The summed E-state index contributed by atoms with van der Waals surface area (Å²) < 4.78 is 33.2. The van der Waals surface area contributed by atoms with E-state index >= 15 is 0 Å². The third-order valence-corrected chi connectivity index (χ3v) is 7.09. The van der Waals surface area contributed by atoms with Crippen molar-refractivity contribution in [1.82, 2.24) is 19.2 Å². The molecular formula is C21H30N4O5S. The van der Waals surface area contributed by atoms with E-state index in [1.54, 1.807) is 32.2 Å². The fourth-order valence-corrected chi connectivity index (χ4v) is 4.92. The quantitative estimate of drug-likeness (QED) is 0.548. The Morgan fingerprint density at radius 2 is 1.84 bits per heavy atom. The van der Waals surface area contributed by atoms with Gasteiger partial charge in [0.05, 0.1) is 23.8 Å². The first-order chi connectivity index (χ1) is 14.7. The van der Waals surface area contributed by atoms with Crippen LogP contribution in [0.3, 0.4) is 0 Å². The second-order valence-electron chi connectivity index (χ2n) is 7.45. The largest absolute Gasteiger partial charge is 0.395 e. The SMILES string of the molecule is CO[C@H](CN(C)C(=O)c1cnccn1)[C@@H](C)CN([C@@H](C)CO)S(=O)(=O)c1ccccc1. The molecule has 1 aromatic heterocycles. The van der Waals surface area contributed by atoms with Crippen molar-refractivity contribution in [1.29, 1.82) is 0 Å². The summed E-state index contributed by atoms with van der Waals surface area (Å²) >= 11 is 0. The van der Waals surface area contributed by atoms with E-state index in [4.69, 9.17) is 4.74 Å². The van der Waals surface area contributed by atoms with Crippen molar-refractivity contribution in [2.45, 2.75) is 30.9 Å². The first-order valence-corrected chi connectivity index (χ1v) is 11.4. The molecule has 0 radical (unpaired) electrons. The number of nitrogens with zero attached hydrogens (tertiary/aromatic N) is 4. The number of rotatable bonds is 11. The lowest BCUT2D eigenvalue weighted by molar-refractivity contribution is 0.0219. The van der Waals surface area contributed by atoms with Crippen molar-refractivity contribution in [3.05, 3.63) is 54.6 Å². The van der Waals surface area contributed by atoms with E-state index < -0.39 is 22.2 Å². The normalized spacial score (nSPS) is 14.8. The van der Waals surface area contributed by atoms with Gasteiger partial charge >= 0.3 is 0 Å². The molecule has 0 saturated carbocycles. The number of ether oxygens (including phenoxy) is 1. The molecule has 31 heavy (non-hydrogen) atoms. The van der Waals surface area contributed by atoms with Gasteiger partial charge in [-0.15, -0.1) is 0 Å². The number of aliphatic hydroxyl groups is 1. The Balaban J connectivity index is 2.17. The molecule has 10 heteroatoms. The zero-order chi connectivity index (χ0) is 23.0. The maximum atomic E-state index is 13.2. The van der Waals surface area contributed by atoms with E-state index in [1.807, 2.05) is 6.92 Å². The number of likely N-dealkylation sites (N-methyl/N-ethyl adjacent to an activating group) is 1. The van der Waals surface area contributed by atoms with Crippen molar-refractivity contribution in [3.8, 4) is 0 Å². The van der Waals surface area contributed by atoms with E-state index in [9.17, 15) is 18.3 Å². The zero-order valence-electron chi connectivity index (χ0n) is 18.2. The Hall–Kier alpha value is -2.40. The molecule has 0 fully saturated rings. The minimum Gasteiger partial charge on any atom is -0.395 e. The molecule has 0 unspecified atom stereocenters. The Labute approximate surface area is 183 Å². The number of methoxy groups -OCH3 is 1.